The maximum Gasteiger partial charge on any atom is 0.200 e. The fourth-order valence-corrected chi connectivity index (χ4v) is 9.41. The smallest absolute Gasteiger partial charge is 0.200 e. The summed E-state index contributed by atoms with van der Waals surface area (Å²) in [6, 6.07) is 0. The van der Waals surface area contributed by atoms with E-state index < -0.39 is 14.4 Å². The van der Waals surface area contributed by atoms with Gasteiger partial charge in [-0.05, 0) is 23.5 Å². The van der Waals surface area contributed by atoms with Crippen LogP contribution in [0.1, 0.15) is 48.5 Å². The average Bonchev–Trinajstić information content (AvgIpc) is 3.06. The van der Waals surface area contributed by atoms with Gasteiger partial charge in [0.2, 0.25) is 0 Å². The number of hydrogen-bond acceptors (Lipinski definition) is 4. The summed E-state index contributed by atoms with van der Waals surface area (Å²) in [7, 11) is -1.96. The molecule has 126 valence electrons. The molecule has 1 rings (SSSR count). The van der Waals surface area contributed by atoms with Crippen LogP contribution in [0.4, 0.5) is 0 Å². The van der Waals surface area contributed by atoms with Crippen molar-refractivity contribution in [2.24, 2.45) is 5.92 Å². The molecule has 0 aromatic carbocycles. The second kappa shape index (κ2) is 7.55. The van der Waals surface area contributed by atoms with E-state index in [0.717, 1.165) is 0 Å². The zero-order valence-electron chi connectivity index (χ0n) is 14.7. The minimum atomic E-state index is -1.96. The lowest BCUT2D eigenvalue weighted by molar-refractivity contribution is 0.0134. The zero-order valence-corrected chi connectivity index (χ0v) is 15.7. The number of epoxide rings is 1. The van der Waals surface area contributed by atoms with E-state index in [2.05, 4.69) is 41.5 Å². The first-order chi connectivity index (χ1) is 9.68. The lowest BCUT2D eigenvalue weighted by atomic mass is 9.98. The molecule has 0 spiro atoms. The van der Waals surface area contributed by atoms with Gasteiger partial charge in [-0.2, -0.15) is 0 Å². The maximum absolute atomic E-state index is 10.4. The second-order valence-corrected chi connectivity index (χ2v) is 12.8. The van der Waals surface area contributed by atoms with Crippen LogP contribution in [0.5, 0.6) is 0 Å². The molecule has 0 aromatic heterocycles. The molecule has 1 saturated heterocycles. The Morgan fingerprint density at radius 3 is 1.76 bits per heavy atom. The van der Waals surface area contributed by atoms with Crippen molar-refractivity contribution in [3.05, 3.63) is 0 Å². The van der Waals surface area contributed by atoms with E-state index in [0.29, 0.717) is 23.2 Å². The Morgan fingerprint density at radius 2 is 1.48 bits per heavy atom. The van der Waals surface area contributed by atoms with Crippen LogP contribution in [-0.2, 0) is 9.16 Å². The summed E-state index contributed by atoms with van der Waals surface area (Å²) >= 11 is 0. The van der Waals surface area contributed by atoms with Gasteiger partial charge in [0.05, 0.1) is 31.5 Å². The first-order valence-corrected chi connectivity index (χ1v) is 10.4. The molecule has 0 bridgehead atoms. The Morgan fingerprint density at radius 1 is 1.05 bits per heavy atom. The minimum Gasteiger partial charge on any atom is -0.413 e. The van der Waals surface area contributed by atoms with Gasteiger partial charge in [0.25, 0.3) is 0 Å². The number of aliphatic hydroxyl groups excluding tert-OH is 2. The van der Waals surface area contributed by atoms with Crippen LogP contribution in [0.3, 0.4) is 0 Å². The predicted octanol–water partition coefficient (Wildman–Crippen LogP) is 2.94. The normalized spacial score (nSPS) is 25.7. The Labute approximate surface area is 131 Å². The van der Waals surface area contributed by atoms with Crippen LogP contribution in [0.15, 0.2) is 0 Å². The van der Waals surface area contributed by atoms with E-state index in [4.69, 9.17) is 9.16 Å². The maximum atomic E-state index is 10.4. The molecule has 1 aliphatic rings. The van der Waals surface area contributed by atoms with Gasteiger partial charge >= 0.3 is 0 Å². The van der Waals surface area contributed by atoms with Crippen LogP contribution < -0.4 is 0 Å². The van der Waals surface area contributed by atoms with Crippen molar-refractivity contribution in [3.63, 3.8) is 0 Å². The van der Waals surface area contributed by atoms with Crippen molar-refractivity contribution in [3.8, 4) is 0 Å². The van der Waals surface area contributed by atoms with Gasteiger partial charge in [0, 0.05) is 5.92 Å². The van der Waals surface area contributed by atoms with Crippen LogP contribution in [0, 0.1) is 5.92 Å². The number of ether oxygens (including phenoxy) is 1. The molecular formula is C16H34O4Si. The molecule has 2 N–H and O–H groups in total. The number of rotatable bonds is 9. The molecule has 1 fully saturated rings. The molecule has 0 amide bonds. The summed E-state index contributed by atoms with van der Waals surface area (Å²) in [5.74, 6) is -0.238. The summed E-state index contributed by atoms with van der Waals surface area (Å²) in [6.45, 7) is 15.6. The fraction of sp³-hybridized carbons (Fsp3) is 1.00. The molecule has 5 heteroatoms. The van der Waals surface area contributed by atoms with Gasteiger partial charge in [-0.25, -0.2) is 0 Å². The van der Waals surface area contributed by atoms with E-state index >= 15 is 0 Å². The van der Waals surface area contributed by atoms with Crippen LogP contribution in [-0.4, -0.2) is 50.1 Å². The van der Waals surface area contributed by atoms with E-state index in [1.807, 2.05) is 6.92 Å². The van der Waals surface area contributed by atoms with Crippen LogP contribution in [0.25, 0.3) is 0 Å². The summed E-state index contributed by atoms with van der Waals surface area (Å²) in [6.07, 6.45) is -0.547. The molecule has 0 aliphatic carbocycles. The molecule has 21 heavy (non-hydrogen) atoms. The van der Waals surface area contributed by atoms with Gasteiger partial charge in [0.15, 0.2) is 8.32 Å². The van der Waals surface area contributed by atoms with Gasteiger partial charge < -0.3 is 19.4 Å². The van der Waals surface area contributed by atoms with Crippen molar-refractivity contribution in [2.45, 2.75) is 83.4 Å². The highest BCUT2D eigenvalue weighted by atomic mass is 28.4. The van der Waals surface area contributed by atoms with E-state index in [9.17, 15) is 10.2 Å². The van der Waals surface area contributed by atoms with E-state index in [-0.39, 0.29) is 24.7 Å². The standard InChI is InChI=1S/C16H34O4Si/c1-10(2)21(11(3)4,12(5)6)19-9-15(18)14(8-17)16-13(7)20-16/h10-18H,8-9H2,1-7H3/t13-,14+,15+,16+/m0/s1. The van der Waals surface area contributed by atoms with E-state index in [1.54, 1.807) is 0 Å². The summed E-state index contributed by atoms with van der Waals surface area (Å²) in [4.78, 5) is 0. The van der Waals surface area contributed by atoms with Gasteiger partial charge in [-0.3, -0.25) is 0 Å². The Balaban J connectivity index is 2.72. The largest absolute Gasteiger partial charge is 0.413 e. The topological polar surface area (TPSA) is 62.2 Å². The Bertz CT molecular complexity index is 298. The van der Waals surface area contributed by atoms with Crippen LogP contribution >= 0.6 is 0 Å². The third-order valence-corrected chi connectivity index (χ3v) is 11.2. The Hall–Kier alpha value is 0.0569. The highest BCUT2D eigenvalue weighted by Gasteiger charge is 2.48. The monoisotopic (exact) mass is 318 g/mol. The second-order valence-electron chi connectivity index (χ2n) is 7.35. The van der Waals surface area contributed by atoms with Crippen LogP contribution in [0.2, 0.25) is 16.6 Å². The molecule has 4 nitrogen and oxygen atoms in total. The summed E-state index contributed by atoms with van der Waals surface area (Å²) < 4.78 is 11.8. The molecule has 0 radical (unpaired) electrons. The molecule has 4 atom stereocenters. The molecule has 1 heterocycles. The average molecular weight is 319 g/mol. The summed E-state index contributed by atoms with van der Waals surface area (Å²) in [5.41, 5.74) is 1.48. The zero-order chi connectivity index (χ0) is 16.4. The van der Waals surface area contributed by atoms with Crippen molar-refractivity contribution in [1.82, 2.24) is 0 Å². The third-order valence-electron chi connectivity index (χ3n) is 5.10. The third kappa shape index (κ3) is 4.08. The number of hydrogen-bond donors (Lipinski definition) is 2. The lowest BCUT2D eigenvalue weighted by Gasteiger charge is -2.43. The van der Waals surface area contributed by atoms with Gasteiger partial charge in [-0.1, -0.05) is 41.5 Å². The first kappa shape index (κ1) is 19.1. The first-order valence-electron chi connectivity index (χ1n) is 8.26. The SMILES string of the molecule is CC(C)[Si](OC[C@@H](O)[C@@H](CO)[C@@H]1O[C@H]1C)(C(C)C)C(C)C. The fourth-order valence-electron chi connectivity index (χ4n) is 3.95. The molecular weight excluding hydrogens is 284 g/mol. The highest BCUT2D eigenvalue weighted by molar-refractivity contribution is 6.77. The minimum absolute atomic E-state index is 0.0261. The van der Waals surface area contributed by atoms with Crippen molar-refractivity contribution < 1.29 is 19.4 Å². The molecule has 0 aromatic rings. The van der Waals surface area contributed by atoms with Crippen molar-refractivity contribution in [1.29, 1.82) is 0 Å². The lowest BCUT2D eigenvalue weighted by Crippen LogP contribution is -2.50. The molecule has 0 unspecified atom stereocenters. The quantitative estimate of drug-likeness (QED) is 0.507. The Kier molecular flexibility index (Phi) is 6.87. The summed E-state index contributed by atoms with van der Waals surface area (Å²) in [5, 5.41) is 19.9. The van der Waals surface area contributed by atoms with Gasteiger partial charge in [-0.15, -0.1) is 0 Å². The molecule has 1 aliphatic heterocycles. The van der Waals surface area contributed by atoms with Crippen molar-refractivity contribution >= 4 is 8.32 Å². The molecule has 0 saturated carbocycles. The van der Waals surface area contributed by atoms with Gasteiger partial charge in [0.1, 0.15) is 0 Å². The van der Waals surface area contributed by atoms with Crippen molar-refractivity contribution in [2.75, 3.05) is 13.2 Å². The van der Waals surface area contributed by atoms with E-state index in [1.165, 1.54) is 0 Å². The predicted molar refractivity (Wildman–Crippen MR) is 87.9 cm³/mol. The highest BCUT2D eigenvalue weighted by Crippen LogP contribution is 2.42. The number of aliphatic hydroxyl groups is 2.